The summed E-state index contributed by atoms with van der Waals surface area (Å²) in [5.74, 6) is -2.49. The third-order valence-corrected chi connectivity index (χ3v) is 9.35. The number of aliphatic carboxylic acids is 1. The van der Waals surface area contributed by atoms with Gasteiger partial charge in [0, 0.05) is 12.8 Å². The molecule has 0 radical (unpaired) electrons. The molecule has 0 spiro atoms. The van der Waals surface area contributed by atoms with E-state index in [9.17, 15) is 28.9 Å². The average molecular weight is 798 g/mol. The van der Waals surface area contributed by atoms with E-state index in [1.54, 1.807) is 0 Å². The van der Waals surface area contributed by atoms with Crippen LogP contribution in [0.15, 0.2) is 60.8 Å². The van der Waals surface area contributed by atoms with Crippen molar-refractivity contribution < 1.29 is 52.6 Å². The van der Waals surface area contributed by atoms with Crippen molar-refractivity contribution in [2.24, 2.45) is 5.73 Å². The first kappa shape index (κ1) is 52.1. The molecular weight excluding hydrogens is 725 g/mol. The zero-order valence-electron chi connectivity index (χ0n) is 33.6. The van der Waals surface area contributed by atoms with Crippen molar-refractivity contribution in [3.8, 4) is 0 Å². The summed E-state index contributed by atoms with van der Waals surface area (Å²) in [6.07, 6.45) is 38.1. The van der Waals surface area contributed by atoms with E-state index in [0.29, 0.717) is 19.3 Å². The molecule has 0 aliphatic heterocycles. The van der Waals surface area contributed by atoms with Crippen LogP contribution in [0.3, 0.4) is 0 Å². The lowest BCUT2D eigenvalue weighted by molar-refractivity contribution is -0.161. The Balaban J connectivity index is 4.52. The maximum Gasteiger partial charge on any atom is 0.472 e. The molecule has 55 heavy (non-hydrogen) atoms. The van der Waals surface area contributed by atoms with Gasteiger partial charge in [-0.1, -0.05) is 113 Å². The molecule has 0 rings (SSSR count). The SMILES string of the molecule is CCCCCC/C=C\CCCCCCCC(=O)O[C@H](COC(=O)CCC/C=C\C/C=C\C/C=C\C/C=C\CC[C@@H](O)CC)COP(=O)(O)OC[C@H](N)C(=O)O. The summed E-state index contributed by atoms with van der Waals surface area (Å²) < 4.78 is 32.5. The van der Waals surface area contributed by atoms with Crippen LogP contribution in [-0.2, 0) is 37.5 Å². The zero-order chi connectivity index (χ0) is 40.8. The van der Waals surface area contributed by atoms with Crippen molar-refractivity contribution in [1.82, 2.24) is 0 Å². The molecule has 0 aromatic heterocycles. The van der Waals surface area contributed by atoms with E-state index in [2.05, 4.69) is 60.1 Å². The molecule has 0 amide bonds. The largest absolute Gasteiger partial charge is 0.480 e. The number of carboxylic acid groups (broad SMARTS) is 1. The lowest BCUT2D eigenvalue weighted by Gasteiger charge is -2.20. The molecule has 13 heteroatoms. The Bertz CT molecular complexity index is 1180. The van der Waals surface area contributed by atoms with Gasteiger partial charge in [-0.05, 0) is 83.5 Å². The first-order chi connectivity index (χ1) is 26.5. The number of carboxylic acids is 1. The van der Waals surface area contributed by atoms with Crippen molar-refractivity contribution in [3.05, 3.63) is 60.8 Å². The number of ether oxygens (including phenoxy) is 2. The predicted octanol–water partition coefficient (Wildman–Crippen LogP) is 9.36. The number of hydrogen-bond donors (Lipinski definition) is 4. The van der Waals surface area contributed by atoms with Gasteiger partial charge in [0.2, 0.25) is 0 Å². The summed E-state index contributed by atoms with van der Waals surface area (Å²) in [5.41, 5.74) is 5.31. The van der Waals surface area contributed by atoms with Crippen molar-refractivity contribution in [1.29, 1.82) is 0 Å². The quantitative estimate of drug-likeness (QED) is 0.0202. The number of hydrogen-bond acceptors (Lipinski definition) is 10. The van der Waals surface area contributed by atoms with Gasteiger partial charge in [-0.15, -0.1) is 0 Å². The number of carbonyl (C=O) groups excluding carboxylic acids is 2. The first-order valence-electron chi connectivity index (χ1n) is 20.4. The number of aliphatic hydroxyl groups excluding tert-OH is 1. The monoisotopic (exact) mass is 797 g/mol. The van der Waals surface area contributed by atoms with Gasteiger partial charge in [0.1, 0.15) is 12.6 Å². The number of aliphatic hydroxyl groups is 1. The summed E-state index contributed by atoms with van der Waals surface area (Å²) in [6, 6.07) is -1.54. The Kier molecular flexibility index (Phi) is 34.8. The normalized spacial score (nSPS) is 15.0. The Morgan fingerprint density at radius 2 is 1.13 bits per heavy atom. The summed E-state index contributed by atoms with van der Waals surface area (Å²) in [6.45, 7) is 2.41. The minimum absolute atomic E-state index is 0.129. The summed E-state index contributed by atoms with van der Waals surface area (Å²) >= 11 is 0. The van der Waals surface area contributed by atoms with Gasteiger partial charge in [-0.3, -0.25) is 23.4 Å². The van der Waals surface area contributed by atoms with Crippen LogP contribution in [0.25, 0.3) is 0 Å². The van der Waals surface area contributed by atoms with Gasteiger partial charge in [-0.25, -0.2) is 4.57 Å². The van der Waals surface area contributed by atoms with Crippen LogP contribution in [0.2, 0.25) is 0 Å². The van der Waals surface area contributed by atoms with E-state index in [1.807, 2.05) is 19.1 Å². The molecule has 0 saturated carbocycles. The van der Waals surface area contributed by atoms with Crippen molar-refractivity contribution >= 4 is 25.7 Å². The number of nitrogens with two attached hydrogens (primary N) is 1. The number of carbonyl (C=O) groups is 3. The third kappa shape index (κ3) is 36.5. The number of esters is 2. The van der Waals surface area contributed by atoms with E-state index in [1.165, 1.54) is 25.7 Å². The van der Waals surface area contributed by atoms with Crippen molar-refractivity contribution in [3.63, 3.8) is 0 Å². The maximum absolute atomic E-state index is 12.6. The van der Waals surface area contributed by atoms with Crippen LogP contribution in [0, 0.1) is 0 Å². The summed E-state index contributed by atoms with van der Waals surface area (Å²) in [5, 5.41) is 18.4. The fraction of sp³-hybridized carbons (Fsp3) is 0.690. The first-order valence-corrected chi connectivity index (χ1v) is 21.9. The predicted molar refractivity (Wildman–Crippen MR) is 218 cm³/mol. The van der Waals surface area contributed by atoms with Crippen LogP contribution in [0.4, 0.5) is 0 Å². The lowest BCUT2D eigenvalue weighted by Crippen LogP contribution is -2.34. The number of phosphoric acid groups is 1. The van der Waals surface area contributed by atoms with Gasteiger partial charge in [-0.2, -0.15) is 0 Å². The Hall–Kier alpha value is -2.86. The van der Waals surface area contributed by atoms with Crippen molar-refractivity contribution in [2.45, 2.75) is 167 Å². The molecule has 0 heterocycles. The molecule has 12 nitrogen and oxygen atoms in total. The Morgan fingerprint density at radius 3 is 1.73 bits per heavy atom. The second kappa shape index (κ2) is 36.8. The topological polar surface area (TPSA) is 192 Å². The number of allylic oxidation sites excluding steroid dienone is 10. The Labute approximate surface area is 330 Å². The number of phosphoric ester groups is 1. The van der Waals surface area contributed by atoms with E-state index in [-0.39, 0.29) is 25.6 Å². The summed E-state index contributed by atoms with van der Waals surface area (Å²) in [4.78, 5) is 45.8. The highest BCUT2D eigenvalue weighted by molar-refractivity contribution is 7.47. The van der Waals surface area contributed by atoms with Gasteiger partial charge >= 0.3 is 25.7 Å². The molecule has 0 fully saturated rings. The van der Waals surface area contributed by atoms with E-state index in [0.717, 1.165) is 77.0 Å². The second-order valence-electron chi connectivity index (χ2n) is 13.6. The average Bonchev–Trinajstić information content (AvgIpc) is 3.16. The molecule has 5 N–H and O–H groups in total. The fourth-order valence-electron chi connectivity index (χ4n) is 4.97. The van der Waals surface area contributed by atoms with Crippen LogP contribution in [0.1, 0.15) is 149 Å². The standard InChI is InChI=1S/C42H72NO11P/c1-3-5-6-7-8-9-10-13-18-21-24-27-30-33-41(46)54-38(35-52-55(49,50)53-36-39(43)42(47)48)34-51-40(45)32-29-26-23-20-17-15-12-11-14-16-19-22-25-28-31-37(44)4-2/h9-10,12,14-16,20,22-23,25,37-39,44H,3-8,11,13,17-19,21,24,26-36,43H2,1-2H3,(H,47,48)(H,49,50)/b10-9-,15-12-,16-14-,23-20-,25-22-/t37-,38+,39-/m0/s1. The molecule has 1 unspecified atom stereocenters. The minimum atomic E-state index is -4.74. The zero-order valence-corrected chi connectivity index (χ0v) is 34.5. The fourth-order valence-corrected chi connectivity index (χ4v) is 5.75. The highest BCUT2D eigenvalue weighted by Gasteiger charge is 2.28. The van der Waals surface area contributed by atoms with Crippen LogP contribution >= 0.6 is 7.82 Å². The molecule has 0 saturated heterocycles. The number of unbranched alkanes of at least 4 members (excludes halogenated alkanes) is 10. The van der Waals surface area contributed by atoms with Crippen LogP contribution in [-0.4, -0.2) is 71.1 Å². The van der Waals surface area contributed by atoms with E-state index >= 15 is 0 Å². The molecule has 4 atom stereocenters. The minimum Gasteiger partial charge on any atom is -0.480 e. The van der Waals surface area contributed by atoms with Crippen LogP contribution < -0.4 is 5.73 Å². The molecule has 0 aliphatic carbocycles. The van der Waals surface area contributed by atoms with Gasteiger partial charge < -0.3 is 30.3 Å². The van der Waals surface area contributed by atoms with Crippen molar-refractivity contribution in [2.75, 3.05) is 19.8 Å². The summed E-state index contributed by atoms with van der Waals surface area (Å²) in [7, 11) is -4.74. The second-order valence-corrected chi connectivity index (χ2v) is 15.0. The molecule has 0 aromatic carbocycles. The molecule has 316 valence electrons. The molecule has 0 aromatic rings. The smallest absolute Gasteiger partial charge is 0.472 e. The molecular formula is C42H72NO11P. The Morgan fingerprint density at radius 1 is 0.636 bits per heavy atom. The van der Waals surface area contributed by atoms with E-state index < -0.39 is 51.1 Å². The highest BCUT2D eigenvalue weighted by atomic mass is 31.2. The highest BCUT2D eigenvalue weighted by Crippen LogP contribution is 2.43. The molecule has 0 aliphatic rings. The number of rotatable bonds is 37. The van der Waals surface area contributed by atoms with Gasteiger partial charge in [0.15, 0.2) is 6.10 Å². The van der Waals surface area contributed by atoms with E-state index in [4.69, 9.17) is 24.8 Å². The van der Waals surface area contributed by atoms with Gasteiger partial charge in [0.05, 0.1) is 19.3 Å². The lowest BCUT2D eigenvalue weighted by atomic mass is 10.1. The maximum atomic E-state index is 12.6. The van der Waals surface area contributed by atoms with Crippen LogP contribution in [0.5, 0.6) is 0 Å². The third-order valence-electron chi connectivity index (χ3n) is 8.40. The van der Waals surface area contributed by atoms with Gasteiger partial charge in [0.25, 0.3) is 0 Å². The molecule has 0 bridgehead atoms.